The lowest BCUT2D eigenvalue weighted by Crippen LogP contribution is -1.85. The van der Waals surface area contributed by atoms with Crippen LogP contribution in [-0.4, -0.2) is 15.0 Å². The number of rotatable bonds is 1. The topological polar surface area (TPSA) is 41.6 Å². The number of aromatic amines is 1. The lowest BCUT2D eigenvalue weighted by Gasteiger charge is -2.00. The van der Waals surface area contributed by atoms with Gasteiger partial charge in [0.05, 0.1) is 10.5 Å². The standard InChI is InChI=1S/C13H9ClFN3/c1-7-5-6-10-13(16-7)18-12(17-10)8-3-2-4-9(15)11(8)14/h2-6H,1H3,(H,16,17,18). The van der Waals surface area contributed by atoms with E-state index in [0.717, 1.165) is 11.2 Å². The van der Waals surface area contributed by atoms with Crippen LogP contribution in [0.2, 0.25) is 5.02 Å². The first kappa shape index (κ1) is 11.2. The van der Waals surface area contributed by atoms with Gasteiger partial charge in [-0.1, -0.05) is 17.7 Å². The van der Waals surface area contributed by atoms with E-state index >= 15 is 0 Å². The first-order chi connectivity index (χ1) is 8.65. The molecule has 3 rings (SSSR count). The van der Waals surface area contributed by atoms with E-state index in [0.29, 0.717) is 17.0 Å². The summed E-state index contributed by atoms with van der Waals surface area (Å²) in [5.74, 6) is 0.0614. The van der Waals surface area contributed by atoms with Gasteiger partial charge >= 0.3 is 0 Å². The number of hydrogen-bond acceptors (Lipinski definition) is 2. The number of hydrogen-bond donors (Lipinski definition) is 1. The van der Waals surface area contributed by atoms with Crippen molar-refractivity contribution in [3.05, 3.63) is 46.9 Å². The second-order valence-corrected chi connectivity index (χ2v) is 4.39. The van der Waals surface area contributed by atoms with Crippen molar-refractivity contribution in [1.29, 1.82) is 0 Å². The molecule has 0 saturated carbocycles. The van der Waals surface area contributed by atoms with Gasteiger partial charge in [0.1, 0.15) is 11.6 Å². The molecule has 5 heteroatoms. The average Bonchev–Trinajstić information content (AvgIpc) is 2.75. The van der Waals surface area contributed by atoms with Crippen LogP contribution in [0, 0.1) is 12.7 Å². The number of benzene rings is 1. The van der Waals surface area contributed by atoms with E-state index in [-0.39, 0.29) is 5.02 Å². The van der Waals surface area contributed by atoms with Crippen LogP contribution in [0.1, 0.15) is 5.69 Å². The van der Waals surface area contributed by atoms with Crippen LogP contribution in [0.15, 0.2) is 30.3 Å². The van der Waals surface area contributed by atoms with Crippen LogP contribution in [0.25, 0.3) is 22.6 Å². The molecular weight excluding hydrogens is 253 g/mol. The minimum absolute atomic E-state index is 0.0632. The number of imidazole rings is 1. The van der Waals surface area contributed by atoms with Gasteiger partial charge in [0.25, 0.3) is 0 Å². The second-order valence-electron chi connectivity index (χ2n) is 4.01. The normalized spacial score (nSPS) is 11.1. The van der Waals surface area contributed by atoms with Crippen LogP contribution in [0.4, 0.5) is 4.39 Å². The van der Waals surface area contributed by atoms with Crippen molar-refractivity contribution >= 4 is 22.8 Å². The number of nitrogens with zero attached hydrogens (tertiary/aromatic N) is 2. The lowest BCUT2D eigenvalue weighted by molar-refractivity contribution is 0.628. The number of nitrogens with one attached hydrogen (secondary N) is 1. The van der Waals surface area contributed by atoms with Gasteiger partial charge in [-0.2, -0.15) is 0 Å². The molecule has 0 unspecified atom stereocenters. The smallest absolute Gasteiger partial charge is 0.178 e. The van der Waals surface area contributed by atoms with Crippen LogP contribution in [0.5, 0.6) is 0 Å². The Bertz CT molecular complexity index is 736. The van der Waals surface area contributed by atoms with Crippen molar-refractivity contribution in [1.82, 2.24) is 15.0 Å². The number of halogens is 2. The zero-order chi connectivity index (χ0) is 12.7. The Morgan fingerprint density at radius 3 is 2.83 bits per heavy atom. The SMILES string of the molecule is Cc1ccc2[nH]c(-c3cccc(F)c3Cl)nc2n1. The molecule has 3 aromatic rings. The van der Waals surface area contributed by atoms with E-state index in [9.17, 15) is 4.39 Å². The summed E-state index contributed by atoms with van der Waals surface area (Å²) in [6, 6.07) is 8.41. The number of H-pyrrole nitrogens is 1. The van der Waals surface area contributed by atoms with Gasteiger partial charge in [-0.3, -0.25) is 0 Å². The maximum Gasteiger partial charge on any atom is 0.178 e. The molecule has 0 aliphatic heterocycles. The summed E-state index contributed by atoms with van der Waals surface area (Å²) in [7, 11) is 0. The van der Waals surface area contributed by atoms with E-state index in [1.165, 1.54) is 6.07 Å². The molecule has 18 heavy (non-hydrogen) atoms. The van der Waals surface area contributed by atoms with E-state index in [1.807, 2.05) is 19.1 Å². The summed E-state index contributed by atoms with van der Waals surface area (Å²) in [5.41, 5.74) is 2.82. The Kier molecular flexibility index (Phi) is 2.52. The number of aryl methyl sites for hydroxylation is 1. The summed E-state index contributed by atoms with van der Waals surface area (Å²) in [6.45, 7) is 1.89. The molecule has 0 atom stereocenters. The molecule has 0 aliphatic carbocycles. The minimum atomic E-state index is -0.459. The molecule has 1 N–H and O–H groups in total. The van der Waals surface area contributed by atoms with Gasteiger partial charge in [-0.25, -0.2) is 14.4 Å². The van der Waals surface area contributed by atoms with Gasteiger partial charge in [0.2, 0.25) is 0 Å². The van der Waals surface area contributed by atoms with Crippen LogP contribution < -0.4 is 0 Å². The fourth-order valence-electron chi connectivity index (χ4n) is 1.80. The number of fused-ring (bicyclic) bond motifs is 1. The monoisotopic (exact) mass is 261 g/mol. The summed E-state index contributed by atoms with van der Waals surface area (Å²) in [6.07, 6.45) is 0. The highest BCUT2D eigenvalue weighted by molar-refractivity contribution is 6.33. The third-order valence-electron chi connectivity index (χ3n) is 2.69. The van der Waals surface area contributed by atoms with E-state index < -0.39 is 5.82 Å². The molecule has 2 heterocycles. The van der Waals surface area contributed by atoms with Gasteiger partial charge in [0.15, 0.2) is 5.65 Å². The van der Waals surface area contributed by atoms with Crippen LogP contribution >= 0.6 is 11.6 Å². The van der Waals surface area contributed by atoms with Gasteiger partial charge in [-0.15, -0.1) is 0 Å². The number of pyridine rings is 1. The Labute approximate surface area is 108 Å². The first-order valence-electron chi connectivity index (χ1n) is 5.43. The Hall–Kier alpha value is -1.94. The molecule has 0 bridgehead atoms. The van der Waals surface area contributed by atoms with Gasteiger partial charge < -0.3 is 4.98 Å². The maximum absolute atomic E-state index is 13.4. The molecule has 90 valence electrons. The van der Waals surface area contributed by atoms with E-state index in [1.54, 1.807) is 12.1 Å². The Morgan fingerprint density at radius 2 is 2.00 bits per heavy atom. The molecule has 1 aromatic carbocycles. The third kappa shape index (κ3) is 1.75. The highest BCUT2D eigenvalue weighted by Crippen LogP contribution is 2.28. The lowest BCUT2D eigenvalue weighted by atomic mass is 10.2. The molecule has 0 spiro atoms. The molecule has 3 nitrogen and oxygen atoms in total. The van der Waals surface area contributed by atoms with Gasteiger partial charge in [0, 0.05) is 11.3 Å². The Balaban J connectivity index is 2.22. The van der Waals surface area contributed by atoms with E-state index in [4.69, 9.17) is 11.6 Å². The van der Waals surface area contributed by atoms with Crippen molar-refractivity contribution in [2.45, 2.75) is 6.92 Å². The summed E-state index contributed by atoms with van der Waals surface area (Å²) in [5, 5.41) is 0.0632. The fourth-order valence-corrected chi connectivity index (χ4v) is 2.02. The van der Waals surface area contributed by atoms with Crippen LogP contribution in [0.3, 0.4) is 0 Å². The molecule has 2 aromatic heterocycles. The molecule has 0 aliphatic rings. The predicted octanol–water partition coefficient (Wildman–Crippen LogP) is 3.73. The summed E-state index contributed by atoms with van der Waals surface area (Å²) < 4.78 is 13.4. The van der Waals surface area contributed by atoms with Crippen molar-refractivity contribution in [2.75, 3.05) is 0 Å². The molecule has 0 fully saturated rings. The third-order valence-corrected chi connectivity index (χ3v) is 3.08. The van der Waals surface area contributed by atoms with Crippen LogP contribution in [-0.2, 0) is 0 Å². The summed E-state index contributed by atoms with van der Waals surface area (Å²) in [4.78, 5) is 11.7. The molecule has 0 radical (unpaired) electrons. The van der Waals surface area contributed by atoms with Crippen molar-refractivity contribution < 1.29 is 4.39 Å². The zero-order valence-corrected chi connectivity index (χ0v) is 10.3. The maximum atomic E-state index is 13.4. The Morgan fingerprint density at radius 1 is 1.17 bits per heavy atom. The first-order valence-corrected chi connectivity index (χ1v) is 5.81. The van der Waals surface area contributed by atoms with Crippen molar-refractivity contribution in [2.24, 2.45) is 0 Å². The van der Waals surface area contributed by atoms with E-state index in [2.05, 4.69) is 15.0 Å². The average molecular weight is 262 g/mol. The highest BCUT2D eigenvalue weighted by Gasteiger charge is 2.12. The highest BCUT2D eigenvalue weighted by atomic mass is 35.5. The zero-order valence-electron chi connectivity index (χ0n) is 9.54. The summed E-state index contributed by atoms with van der Waals surface area (Å²) >= 11 is 5.93. The van der Waals surface area contributed by atoms with Crippen molar-refractivity contribution in [3.8, 4) is 11.4 Å². The van der Waals surface area contributed by atoms with Crippen molar-refractivity contribution in [3.63, 3.8) is 0 Å². The quantitative estimate of drug-likeness (QED) is 0.725. The molecular formula is C13H9ClFN3. The van der Waals surface area contributed by atoms with Gasteiger partial charge in [-0.05, 0) is 31.2 Å². The molecule has 0 saturated heterocycles. The predicted molar refractivity (Wildman–Crippen MR) is 69.0 cm³/mol. The molecule has 0 amide bonds. The number of aromatic nitrogens is 3. The fraction of sp³-hybridized carbons (Fsp3) is 0.0769. The minimum Gasteiger partial charge on any atom is -0.337 e. The second kappa shape index (κ2) is 4.07. The largest absolute Gasteiger partial charge is 0.337 e.